The summed E-state index contributed by atoms with van der Waals surface area (Å²) in [6, 6.07) is 18.5. The lowest BCUT2D eigenvalue weighted by molar-refractivity contribution is -0.145. The monoisotopic (exact) mass is 1320 g/mol. The number of hydrogen-bond acceptors (Lipinski definition) is 16. The number of carboxylic acids is 1. The number of nitrogens with one attached hydrogen (secondary N) is 4. The first-order valence-electron chi connectivity index (χ1n) is 32.9. The molecule has 94 heavy (non-hydrogen) atoms. The molecule has 3 atom stereocenters. The lowest BCUT2D eigenvalue weighted by Gasteiger charge is -2.35. The smallest absolute Gasteiger partial charge is 0.355 e. The largest absolute Gasteiger partial charge is 0.493 e. The van der Waals surface area contributed by atoms with Gasteiger partial charge in [-0.15, -0.1) is 11.3 Å². The highest BCUT2D eigenvalue weighted by atomic mass is 32.1. The number of rotatable bonds is 27. The Morgan fingerprint density at radius 3 is 2.39 bits per heavy atom. The summed E-state index contributed by atoms with van der Waals surface area (Å²) in [4.78, 5) is 99.0. The van der Waals surface area contributed by atoms with Gasteiger partial charge < -0.3 is 45.4 Å². The van der Waals surface area contributed by atoms with Gasteiger partial charge in [-0.05, 0) is 124 Å². The van der Waals surface area contributed by atoms with Crippen LogP contribution in [0.2, 0.25) is 0 Å². The minimum atomic E-state index is -1.99. The molecule has 0 spiro atoms. The minimum absolute atomic E-state index is 0.00604. The molecule has 24 heteroatoms. The van der Waals surface area contributed by atoms with E-state index in [2.05, 4.69) is 36.3 Å². The Morgan fingerprint density at radius 1 is 0.862 bits per heavy atom. The molecule has 7 aromatic rings. The van der Waals surface area contributed by atoms with Crippen molar-refractivity contribution in [1.82, 2.24) is 45.6 Å². The number of nitrogens with zero attached hydrogens (tertiary/aromatic N) is 7. The average molecular weight is 1320 g/mol. The molecule has 21 nitrogen and oxygen atoms in total. The number of likely N-dealkylation sites (tertiary alicyclic amines) is 1. The number of alkyl halides is 1. The molecule has 0 bridgehead atoms. The number of halogens is 1. The van der Waals surface area contributed by atoms with E-state index in [1.54, 1.807) is 44.6 Å². The highest BCUT2D eigenvalue weighted by Crippen LogP contribution is 2.41. The van der Waals surface area contributed by atoms with Crippen LogP contribution in [0.5, 0.6) is 11.5 Å². The number of benzene rings is 3. The Hall–Kier alpha value is -8.35. The number of anilines is 2. The van der Waals surface area contributed by atoms with E-state index in [9.17, 15) is 43.4 Å². The first-order valence-corrected chi connectivity index (χ1v) is 34.6. The van der Waals surface area contributed by atoms with Gasteiger partial charge in [-0.25, -0.2) is 24.1 Å². The second-order valence-corrected chi connectivity index (χ2v) is 28.3. The Labute approximate surface area is 554 Å². The van der Waals surface area contributed by atoms with Gasteiger partial charge in [0.2, 0.25) is 17.7 Å². The van der Waals surface area contributed by atoms with Crippen molar-refractivity contribution >= 4 is 79.3 Å². The number of aliphatic hydroxyl groups is 1. The number of pyridine rings is 1. The molecule has 4 aliphatic rings. The van der Waals surface area contributed by atoms with Crippen LogP contribution in [-0.4, -0.2) is 132 Å². The Balaban J connectivity index is 0.661. The summed E-state index contributed by atoms with van der Waals surface area (Å²) in [7, 11) is 0. The van der Waals surface area contributed by atoms with Gasteiger partial charge in [-0.2, -0.15) is 5.10 Å². The van der Waals surface area contributed by atoms with Gasteiger partial charge in [0.15, 0.2) is 16.5 Å². The van der Waals surface area contributed by atoms with Gasteiger partial charge in [-0.1, -0.05) is 94.9 Å². The standard InChI is InChI=1S/C70H84FN11O10S2/c1-42-61(93-41-74-42)45-21-22-46(36-73-64(86)54-35-47(83)39-81(54)65(87)62(69(3,4)5)78-67(90)70(71)28-29-70)56(34-45)91-32-15-8-6-7-12-20-59(84)72-30-33-92-55-25-23-50(63(85)79-68-76-53-18-13-14-19-57(53)94-68)52-40-80(31-27-48(52)55)58-26-24-49(60(77-58)66(88)89)51-37-75-82(43(51)2)38-44-16-10-9-11-17-44/h13-14,18-19,21-26,34,37,41,44,47,54,62,83H,6-12,15-17,20,27-33,35-36,38-40H2,1-5H3,(H,72,84)(H,73,86)(H,78,90)(H,88,89)(H,76,79,85)/t47-,54+,62-/m1/s1. The summed E-state index contributed by atoms with van der Waals surface area (Å²) in [5.41, 5.74) is 6.34. The number of aromatic nitrogens is 5. The van der Waals surface area contributed by atoms with E-state index in [-0.39, 0.29) is 69.6 Å². The maximum atomic E-state index is 14.7. The van der Waals surface area contributed by atoms with Crippen molar-refractivity contribution in [2.75, 3.05) is 43.1 Å². The van der Waals surface area contributed by atoms with Crippen molar-refractivity contribution in [3.05, 3.63) is 118 Å². The molecule has 2 aliphatic heterocycles. The first-order chi connectivity index (χ1) is 45.2. The number of fused-ring (bicyclic) bond motifs is 2. The number of thiazole rings is 2. The van der Waals surface area contributed by atoms with Crippen molar-refractivity contribution < 1.29 is 52.8 Å². The third-order valence-electron chi connectivity index (χ3n) is 18.4. The zero-order valence-corrected chi connectivity index (χ0v) is 55.7. The number of aromatic carboxylic acids is 1. The molecule has 3 fully saturated rings. The third kappa shape index (κ3) is 15.9. The number of para-hydroxylation sites is 1. The number of unbranched alkanes of at least 4 members (excludes halogenated alkanes) is 4. The van der Waals surface area contributed by atoms with Gasteiger partial charge in [0.25, 0.3) is 11.8 Å². The molecule has 0 radical (unpaired) electrons. The summed E-state index contributed by atoms with van der Waals surface area (Å²) >= 11 is 2.90. The number of carbonyl (C=O) groups excluding carboxylic acids is 5. The molecule has 498 valence electrons. The van der Waals surface area contributed by atoms with E-state index < -0.39 is 53.0 Å². The summed E-state index contributed by atoms with van der Waals surface area (Å²) < 4.78 is 30.4. The number of carbonyl (C=O) groups is 6. The lowest BCUT2D eigenvalue weighted by Crippen LogP contribution is -2.59. The van der Waals surface area contributed by atoms with E-state index in [0.29, 0.717) is 77.5 Å². The van der Waals surface area contributed by atoms with Gasteiger partial charge >= 0.3 is 5.97 Å². The van der Waals surface area contributed by atoms with E-state index in [1.807, 2.05) is 78.0 Å². The van der Waals surface area contributed by atoms with E-state index >= 15 is 0 Å². The molecule has 5 amide bonds. The number of carboxylic acid groups (broad SMARTS) is 1. The van der Waals surface area contributed by atoms with Crippen molar-refractivity contribution in [3.63, 3.8) is 0 Å². The highest BCUT2D eigenvalue weighted by molar-refractivity contribution is 7.22. The number of ether oxygens (including phenoxy) is 2. The lowest BCUT2D eigenvalue weighted by atomic mass is 9.85. The van der Waals surface area contributed by atoms with Crippen LogP contribution in [0.4, 0.5) is 15.3 Å². The fourth-order valence-electron chi connectivity index (χ4n) is 12.9. The molecule has 6 N–H and O–H groups in total. The number of aliphatic hydroxyl groups excluding tert-OH is 1. The zero-order chi connectivity index (χ0) is 66.3. The normalized spacial score (nSPS) is 17.3. The van der Waals surface area contributed by atoms with Crippen LogP contribution in [0.25, 0.3) is 31.8 Å². The molecular weight excluding hydrogens is 1240 g/mol. The Bertz CT molecular complexity index is 3890. The summed E-state index contributed by atoms with van der Waals surface area (Å²) in [6.45, 7) is 11.5. The first kappa shape index (κ1) is 67.1. The summed E-state index contributed by atoms with van der Waals surface area (Å²) in [5.74, 6) is -1.25. The highest BCUT2D eigenvalue weighted by Gasteiger charge is 2.53. The second-order valence-electron chi connectivity index (χ2n) is 26.4. The fraction of sp³-hybridized carbons (Fsp3) is 0.486. The molecule has 1 saturated heterocycles. The van der Waals surface area contributed by atoms with Crippen molar-refractivity contribution in [3.8, 4) is 33.1 Å². The Kier molecular flexibility index (Phi) is 21.1. The minimum Gasteiger partial charge on any atom is -0.493 e. The second kappa shape index (κ2) is 29.5. The molecular formula is C70H84FN11O10S2. The topological polar surface area (TPSA) is 272 Å². The summed E-state index contributed by atoms with van der Waals surface area (Å²) in [6.07, 6.45) is 11.8. The van der Waals surface area contributed by atoms with E-state index in [0.717, 1.165) is 81.0 Å². The third-order valence-corrected chi connectivity index (χ3v) is 20.4. The van der Waals surface area contributed by atoms with Crippen LogP contribution in [-0.2, 0) is 45.2 Å². The predicted octanol–water partition coefficient (Wildman–Crippen LogP) is 10.9. The summed E-state index contributed by atoms with van der Waals surface area (Å²) in [5, 5.41) is 38.0. The van der Waals surface area contributed by atoms with Gasteiger partial charge in [0.05, 0.1) is 51.8 Å². The maximum Gasteiger partial charge on any atom is 0.355 e. The predicted molar refractivity (Wildman–Crippen MR) is 359 cm³/mol. The van der Waals surface area contributed by atoms with Crippen LogP contribution in [0.1, 0.15) is 160 Å². The molecule has 0 unspecified atom stereocenters. The molecule has 6 heterocycles. The molecule has 4 aromatic heterocycles. The van der Waals surface area contributed by atoms with Crippen LogP contribution in [0.3, 0.4) is 0 Å². The Morgan fingerprint density at radius 2 is 1.64 bits per heavy atom. The molecule has 3 aromatic carbocycles. The molecule has 2 saturated carbocycles. The number of β-amino-alcohol motifs (C(OH)–C–C–N with tert-alkyl or cyclic N) is 1. The van der Waals surface area contributed by atoms with Crippen molar-refractivity contribution in [2.45, 2.75) is 174 Å². The van der Waals surface area contributed by atoms with Crippen LogP contribution < -0.4 is 35.6 Å². The zero-order valence-electron chi connectivity index (χ0n) is 54.1. The van der Waals surface area contributed by atoms with E-state index in [1.165, 1.54) is 59.7 Å². The van der Waals surface area contributed by atoms with Crippen LogP contribution in [0.15, 0.2) is 78.4 Å². The SMILES string of the molecule is Cc1ncsc1-c1ccc(CNC(=O)[C@@H]2C[C@@H](O)CN2C(=O)[C@@H](NC(=O)C2(F)CC2)C(C)(C)C)c(OCCCCCCCC(=O)NCCOc2ccc(C(=O)Nc3nc4ccccc4s3)c3c2CCN(c2ccc(-c4cnn(CC5CCCCC5)c4C)c(C(=O)O)n2)C3)c1. The van der Waals surface area contributed by atoms with Gasteiger partial charge in [-0.3, -0.25) is 34.0 Å². The van der Waals surface area contributed by atoms with Crippen molar-refractivity contribution in [1.29, 1.82) is 0 Å². The molecule has 11 rings (SSSR count). The number of hydrogen-bond donors (Lipinski definition) is 6. The van der Waals surface area contributed by atoms with Crippen molar-refractivity contribution in [2.24, 2.45) is 11.3 Å². The van der Waals surface area contributed by atoms with Gasteiger partial charge in [0, 0.05) is 79.1 Å². The fourth-order valence-corrected chi connectivity index (χ4v) is 14.6. The molecule has 2 aliphatic carbocycles. The maximum absolute atomic E-state index is 14.7. The number of amides is 5. The quantitative estimate of drug-likeness (QED) is 0.0261. The number of aryl methyl sites for hydroxylation is 1. The van der Waals surface area contributed by atoms with E-state index in [4.69, 9.17) is 14.5 Å². The van der Waals surface area contributed by atoms with Crippen LogP contribution in [0, 0.1) is 25.2 Å². The average Bonchev–Trinajstić information content (AvgIpc) is 1.27. The van der Waals surface area contributed by atoms with Gasteiger partial charge in [0.1, 0.15) is 36.0 Å². The van der Waals surface area contributed by atoms with Crippen LogP contribution >= 0.6 is 22.7 Å².